The maximum absolute atomic E-state index is 12.2. The van der Waals surface area contributed by atoms with Gasteiger partial charge in [-0.15, -0.1) is 0 Å². The van der Waals surface area contributed by atoms with Crippen LogP contribution in [-0.2, 0) is 6.54 Å². The molecule has 0 saturated carbocycles. The molecule has 0 spiro atoms. The van der Waals surface area contributed by atoms with Gasteiger partial charge in [0.15, 0.2) is 0 Å². The van der Waals surface area contributed by atoms with Crippen molar-refractivity contribution in [3.63, 3.8) is 0 Å². The van der Waals surface area contributed by atoms with Crippen LogP contribution in [0.25, 0.3) is 0 Å². The van der Waals surface area contributed by atoms with Crippen molar-refractivity contribution in [3.05, 3.63) is 29.8 Å². The fourth-order valence-electron chi connectivity index (χ4n) is 1.83. The van der Waals surface area contributed by atoms with Gasteiger partial charge in [0.1, 0.15) is 0 Å². The zero-order chi connectivity index (χ0) is 14.7. The van der Waals surface area contributed by atoms with Crippen LogP contribution >= 0.6 is 0 Å². The van der Waals surface area contributed by atoms with Crippen molar-refractivity contribution in [2.45, 2.75) is 51.7 Å². The predicted molar refractivity (Wildman–Crippen MR) is 76.4 cm³/mol. The van der Waals surface area contributed by atoms with Crippen LogP contribution < -0.4 is 10.5 Å². The van der Waals surface area contributed by atoms with Crippen molar-refractivity contribution in [2.75, 3.05) is 0 Å². The smallest absolute Gasteiger partial charge is 0.310 e. The number of nitrogens with one attached hydrogen (secondary N) is 1. The summed E-state index contributed by atoms with van der Waals surface area (Å²) in [4.78, 5) is 0. The molecule has 5 heteroatoms. The molecule has 1 rings (SSSR count). The SMILES string of the molecule is CC(CC(F)(F)F)NCc1ccc([Si](C)(C)C)cc1. The molecule has 0 fully saturated rings. The molecule has 0 aliphatic heterocycles. The summed E-state index contributed by atoms with van der Waals surface area (Å²) in [6.07, 6.45) is -4.89. The summed E-state index contributed by atoms with van der Waals surface area (Å²) in [5.74, 6) is 0. The van der Waals surface area contributed by atoms with E-state index in [9.17, 15) is 13.2 Å². The summed E-state index contributed by atoms with van der Waals surface area (Å²) < 4.78 is 36.5. The molecule has 0 aliphatic rings. The second-order valence-electron chi connectivity index (χ2n) is 6.05. The number of rotatable bonds is 5. The van der Waals surface area contributed by atoms with Gasteiger partial charge in [0, 0.05) is 12.6 Å². The zero-order valence-corrected chi connectivity index (χ0v) is 12.9. The standard InChI is InChI=1S/C14H22F3NSi/c1-11(9-14(15,16)17)18-10-12-5-7-13(8-6-12)19(2,3)4/h5-8,11,18H,9-10H2,1-4H3. The molecule has 0 aliphatic carbocycles. The van der Waals surface area contributed by atoms with E-state index in [1.165, 1.54) is 5.19 Å². The lowest BCUT2D eigenvalue weighted by Crippen LogP contribution is -2.37. The monoisotopic (exact) mass is 289 g/mol. The van der Waals surface area contributed by atoms with Crippen LogP contribution in [0.1, 0.15) is 18.9 Å². The van der Waals surface area contributed by atoms with Crippen LogP contribution in [-0.4, -0.2) is 20.3 Å². The molecule has 1 unspecified atom stereocenters. The fraction of sp³-hybridized carbons (Fsp3) is 0.571. The van der Waals surface area contributed by atoms with Crippen LogP contribution in [0.4, 0.5) is 13.2 Å². The number of benzene rings is 1. The van der Waals surface area contributed by atoms with Gasteiger partial charge in [-0.1, -0.05) is 49.1 Å². The molecule has 1 N–H and O–H groups in total. The Hall–Kier alpha value is -0.813. The molecule has 0 bridgehead atoms. The highest BCUT2D eigenvalue weighted by atomic mass is 28.3. The summed E-state index contributed by atoms with van der Waals surface area (Å²) in [7, 11) is -1.30. The molecule has 0 aromatic heterocycles. The topological polar surface area (TPSA) is 12.0 Å². The van der Waals surface area contributed by atoms with E-state index >= 15 is 0 Å². The van der Waals surface area contributed by atoms with Crippen LogP contribution in [0.15, 0.2) is 24.3 Å². The first-order valence-corrected chi connectivity index (χ1v) is 9.97. The van der Waals surface area contributed by atoms with Crippen molar-refractivity contribution < 1.29 is 13.2 Å². The molecule has 0 radical (unpaired) electrons. The highest BCUT2D eigenvalue weighted by Gasteiger charge is 2.29. The lowest BCUT2D eigenvalue weighted by molar-refractivity contribution is -0.139. The molecule has 1 nitrogen and oxygen atoms in total. The maximum atomic E-state index is 12.2. The summed E-state index contributed by atoms with van der Waals surface area (Å²) in [5.41, 5.74) is 1.02. The second-order valence-corrected chi connectivity index (χ2v) is 11.1. The normalized spacial score (nSPS) is 14.5. The van der Waals surface area contributed by atoms with Gasteiger partial charge in [0.05, 0.1) is 14.5 Å². The Morgan fingerprint density at radius 3 is 2.05 bits per heavy atom. The first-order valence-electron chi connectivity index (χ1n) is 6.47. The summed E-state index contributed by atoms with van der Waals surface area (Å²) >= 11 is 0. The van der Waals surface area contributed by atoms with Gasteiger partial charge in [-0.05, 0) is 12.5 Å². The van der Waals surface area contributed by atoms with E-state index < -0.39 is 26.7 Å². The molecular weight excluding hydrogens is 267 g/mol. The van der Waals surface area contributed by atoms with E-state index in [1.54, 1.807) is 6.92 Å². The van der Waals surface area contributed by atoms with Crippen molar-refractivity contribution in [1.82, 2.24) is 5.32 Å². The molecule has 108 valence electrons. The van der Waals surface area contributed by atoms with Gasteiger partial charge in [-0.25, -0.2) is 0 Å². The molecule has 1 aromatic rings. The molecule has 0 heterocycles. The minimum Gasteiger partial charge on any atom is -0.310 e. The summed E-state index contributed by atoms with van der Waals surface area (Å²) in [6.45, 7) is 8.84. The fourth-order valence-corrected chi connectivity index (χ4v) is 3.00. The number of alkyl halides is 3. The van der Waals surface area contributed by atoms with E-state index in [1.807, 2.05) is 12.1 Å². The van der Waals surface area contributed by atoms with E-state index in [0.717, 1.165) is 5.56 Å². The van der Waals surface area contributed by atoms with E-state index in [4.69, 9.17) is 0 Å². The quantitative estimate of drug-likeness (QED) is 0.816. The largest absolute Gasteiger partial charge is 0.390 e. The summed E-state index contributed by atoms with van der Waals surface area (Å²) in [6, 6.07) is 7.63. The Morgan fingerprint density at radius 1 is 1.11 bits per heavy atom. The average Bonchev–Trinajstić information content (AvgIpc) is 2.23. The molecular formula is C14H22F3NSi. The van der Waals surface area contributed by atoms with Gasteiger partial charge in [-0.3, -0.25) is 0 Å². The van der Waals surface area contributed by atoms with Crippen molar-refractivity contribution >= 4 is 13.3 Å². The van der Waals surface area contributed by atoms with Crippen molar-refractivity contribution in [1.29, 1.82) is 0 Å². The molecule has 0 saturated heterocycles. The number of hydrogen-bond acceptors (Lipinski definition) is 1. The number of halogens is 3. The maximum Gasteiger partial charge on any atom is 0.390 e. The van der Waals surface area contributed by atoms with E-state index in [-0.39, 0.29) is 0 Å². The van der Waals surface area contributed by atoms with Crippen molar-refractivity contribution in [3.8, 4) is 0 Å². The van der Waals surface area contributed by atoms with Gasteiger partial charge >= 0.3 is 6.18 Å². The van der Waals surface area contributed by atoms with Gasteiger partial charge in [-0.2, -0.15) is 13.2 Å². The lowest BCUT2D eigenvalue weighted by atomic mass is 10.2. The third-order valence-corrected chi connectivity index (χ3v) is 5.08. The molecule has 1 aromatic carbocycles. The average molecular weight is 289 g/mol. The second kappa shape index (κ2) is 6.09. The van der Waals surface area contributed by atoms with Gasteiger partial charge in [0.25, 0.3) is 0 Å². The Morgan fingerprint density at radius 2 is 1.63 bits per heavy atom. The minimum absolute atomic E-state index is 0.475. The lowest BCUT2D eigenvalue weighted by Gasteiger charge is -2.18. The third-order valence-electron chi connectivity index (χ3n) is 3.01. The van der Waals surface area contributed by atoms with E-state index in [0.29, 0.717) is 6.54 Å². The van der Waals surface area contributed by atoms with Gasteiger partial charge < -0.3 is 5.32 Å². The van der Waals surface area contributed by atoms with Crippen LogP contribution in [0, 0.1) is 0 Å². The first kappa shape index (κ1) is 16.2. The highest BCUT2D eigenvalue weighted by Crippen LogP contribution is 2.21. The molecule has 19 heavy (non-hydrogen) atoms. The Balaban J connectivity index is 2.51. The number of hydrogen-bond donors (Lipinski definition) is 1. The zero-order valence-electron chi connectivity index (χ0n) is 11.9. The Kier molecular flexibility index (Phi) is 5.21. The summed E-state index contributed by atoms with van der Waals surface area (Å²) in [5, 5.41) is 4.27. The van der Waals surface area contributed by atoms with Crippen LogP contribution in [0.3, 0.4) is 0 Å². The van der Waals surface area contributed by atoms with Crippen LogP contribution in [0.2, 0.25) is 19.6 Å². The van der Waals surface area contributed by atoms with E-state index in [2.05, 4.69) is 37.1 Å². The van der Waals surface area contributed by atoms with Crippen LogP contribution in [0.5, 0.6) is 0 Å². The van der Waals surface area contributed by atoms with Gasteiger partial charge in [0.2, 0.25) is 0 Å². The third kappa shape index (κ3) is 6.25. The molecule has 0 amide bonds. The van der Waals surface area contributed by atoms with Crippen molar-refractivity contribution in [2.24, 2.45) is 0 Å². The first-order chi connectivity index (χ1) is 8.58. The molecule has 1 atom stereocenters. The minimum atomic E-state index is -4.10. The Bertz CT molecular complexity index is 393. The predicted octanol–water partition coefficient (Wildman–Crippen LogP) is 3.66. The highest BCUT2D eigenvalue weighted by molar-refractivity contribution is 6.88. The Labute approximate surface area is 114 Å².